The SMILES string of the molecule is CN(CC(=O)Nc1ccccc1)C(=O)c1cccnc1F. The van der Waals surface area contributed by atoms with E-state index in [2.05, 4.69) is 10.3 Å². The van der Waals surface area contributed by atoms with Gasteiger partial charge in [0.05, 0.1) is 12.1 Å². The molecule has 6 heteroatoms. The van der Waals surface area contributed by atoms with Crippen LogP contribution in [0.1, 0.15) is 10.4 Å². The lowest BCUT2D eigenvalue weighted by Crippen LogP contribution is -2.35. The number of halogens is 1. The van der Waals surface area contributed by atoms with Crippen molar-refractivity contribution in [2.24, 2.45) is 0 Å². The lowest BCUT2D eigenvalue weighted by molar-refractivity contribution is -0.116. The van der Waals surface area contributed by atoms with Crippen molar-refractivity contribution in [1.82, 2.24) is 9.88 Å². The number of carbonyl (C=O) groups excluding carboxylic acids is 2. The van der Waals surface area contributed by atoms with Crippen molar-refractivity contribution in [1.29, 1.82) is 0 Å². The summed E-state index contributed by atoms with van der Waals surface area (Å²) in [4.78, 5) is 28.4. The Bertz CT molecular complexity index is 646. The predicted octanol–water partition coefficient (Wildman–Crippen LogP) is 1.93. The fourth-order valence-electron chi connectivity index (χ4n) is 1.76. The van der Waals surface area contributed by atoms with Crippen molar-refractivity contribution in [2.45, 2.75) is 0 Å². The van der Waals surface area contributed by atoms with Crippen LogP contribution in [0.4, 0.5) is 10.1 Å². The Morgan fingerprint density at radius 2 is 1.90 bits per heavy atom. The number of nitrogens with zero attached hydrogens (tertiary/aromatic N) is 2. The molecule has 21 heavy (non-hydrogen) atoms. The van der Waals surface area contributed by atoms with Gasteiger partial charge in [-0.3, -0.25) is 9.59 Å². The summed E-state index contributed by atoms with van der Waals surface area (Å²) in [6.07, 6.45) is 1.26. The van der Waals surface area contributed by atoms with E-state index in [1.165, 1.54) is 25.4 Å². The fraction of sp³-hybridized carbons (Fsp3) is 0.133. The van der Waals surface area contributed by atoms with E-state index in [-0.39, 0.29) is 18.0 Å². The molecule has 1 aromatic carbocycles. The average Bonchev–Trinajstić information content (AvgIpc) is 2.48. The molecular formula is C15H14FN3O2. The Kier molecular flexibility index (Phi) is 4.61. The molecule has 0 unspecified atom stereocenters. The third-order valence-corrected chi connectivity index (χ3v) is 2.77. The van der Waals surface area contributed by atoms with Gasteiger partial charge in [0.25, 0.3) is 5.91 Å². The maximum atomic E-state index is 13.4. The zero-order valence-corrected chi connectivity index (χ0v) is 11.4. The number of benzene rings is 1. The van der Waals surface area contributed by atoms with Gasteiger partial charge in [0.2, 0.25) is 11.9 Å². The van der Waals surface area contributed by atoms with Gasteiger partial charge >= 0.3 is 0 Å². The van der Waals surface area contributed by atoms with Crippen LogP contribution in [0.25, 0.3) is 0 Å². The quantitative estimate of drug-likeness (QED) is 0.874. The molecule has 0 bridgehead atoms. The third kappa shape index (κ3) is 3.85. The van der Waals surface area contributed by atoms with E-state index in [0.29, 0.717) is 5.69 Å². The molecule has 2 aromatic rings. The van der Waals surface area contributed by atoms with Gasteiger partial charge in [0.1, 0.15) is 0 Å². The fourth-order valence-corrected chi connectivity index (χ4v) is 1.76. The maximum absolute atomic E-state index is 13.4. The highest BCUT2D eigenvalue weighted by Crippen LogP contribution is 2.08. The first-order valence-electron chi connectivity index (χ1n) is 6.29. The summed E-state index contributed by atoms with van der Waals surface area (Å²) in [5, 5.41) is 2.65. The zero-order chi connectivity index (χ0) is 15.2. The number of nitrogens with one attached hydrogen (secondary N) is 1. The minimum absolute atomic E-state index is 0.160. The van der Waals surface area contributed by atoms with E-state index in [1.807, 2.05) is 6.07 Å². The molecule has 5 nitrogen and oxygen atoms in total. The number of hydrogen-bond donors (Lipinski definition) is 1. The van der Waals surface area contributed by atoms with Crippen LogP contribution in [0.2, 0.25) is 0 Å². The molecule has 1 aromatic heterocycles. The largest absolute Gasteiger partial charge is 0.332 e. The van der Waals surface area contributed by atoms with Crippen molar-refractivity contribution in [3.8, 4) is 0 Å². The standard InChI is InChI=1S/C15H14FN3O2/c1-19(15(21)12-8-5-9-17-14(12)16)10-13(20)18-11-6-3-2-4-7-11/h2-9H,10H2,1H3,(H,18,20). The second-order valence-corrected chi connectivity index (χ2v) is 4.42. The second-order valence-electron chi connectivity index (χ2n) is 4.42. The molecule has 2 rings (SSSR count). The Morgan fingerprint density at radius 1 is 1.19 bits per heavy atom. The molecule has 0 saturated heterocycles. The van der Waals surface area contributed by atoms with Gasteiger partial charge < -0.3 is 10.2 Å². The van der Waals surface area contributed by atoms with Crippen LogP contribution in [0, 0.1) is 5.95 Å². The van der Waals surface area contributed by atoms with E-state index in [0.717, 1.165) is 4.90 Å². The summed E-state index contributed by atoms with van der Waals surface area (Å²) < 4.78 is 13.4. The van der Waals surface area contributed by atoms with Crippen molar-refractivity contribution >= 4 is 17.5 Å². The van der Waals surface area contributed by atoms with Crippen molar-refractivity contribution < 1.29 is 14.0 Å². The van der Waals surface area contributed by atoms with Gasteiger partial charge in [-0.25, -0.2) is 4.98 Å². The number of para-hydroxylation sites is 1. The van der Waals surface area contributed by atoms with Crippen LogP contribution in [-0.2, 0) is 4.79 Å². The number of aromatic nitrogens is 1. The number of anilines is 1. The minimum Gasteiger partial charge on any atom is -0.332 e. The van der Waals surface area contributed by atoms with Crippen LogP contribution in [0.5, 0.6) is 0 Å². The number of likely N-dealkylation sites (N-methyl/N-ethyl adjacent to an activating group) is 1. The maximum Gasteiger partial charge on any atom is 0.258 e. The average molecular weight is 287 g/mol. The highest BCUT2D eigenvalue weighted by Gasteiger charge is 2.18. The van der Waals surface area contributed by atoms with E-state index in [1.54, 1.807) is 24.3 Å². The number of pyridine rings is 1. The van der Waals surface area contributed by atoms with Crippen molar-refractivity contribution in [3.05, 3.63) is 60.2 Å². The first-order chi connectivity index (χ1) is 10.1. The third-order valence-electron chi connectivity index (χ3n) is 2.77. The van der Waals surface area contributed by atoms with Crippen LogP contribution >= 0.6 is 0 Å². The van der Waals surface area contributed by atoms with Crippen LogP contribution < -0.4 is 5.32 Å². The van der Waals surface area contributed by atoms with Gasteiger partial charge in [-0.15, -0.1) is 0 Å². The Balaban J connectivity index is 1.98. The molecule has 0 aliphatic rings. The normalized spacial score (nSPS) is 10.0. The van der Waals surface area contributed by atoms with Crippen LogP contribution in [0.15, 0.2) is 48.7 Å². The highest BCUT2D eigenvalue weighted by molar-refractivity contribution is 5.99. The van der Waals surface area contributed by atoms with Gasteiger partial charge in [-0.05, 0) is 24.3 Å². The van der Waals surface area contributed by atoms with Crippen LogP contribution in [-0.4, -0.2) is 35.3 Å². The van der Waals surface area contributed by atoms with E-state index in [4.69, 9.17) is 0 Å². The molecule has 0 saturated carbocycles. The molecule has 2 amide bonds. The number of carbonyl (C=O) groups is 2. The van der Waals surface area contributed by atoms with E-state index in [9.17, 15) is 14.0 Å². The molecule has 0 radical (unpaired) electrons. The smallest absolute Gasteiger partial charge is 0.258 e. The zero-order valence-electron chi connectivity index (χ0n) is 11.4. The van der Waals surface area contributed by atoms with Crippen molar-refractivity contribution in [3.63, 3.8) is 0 Å². The molecule has 0 aliphatic heterocycles. The second kappa shape index (κ2) is 6.60. The monoisotopic (exact) mass is 287 g/mol. The summed E-state index contributed by atoms with van der Waals surface area (Å²) >= 11 is 0. The Morgan fingerprint density at radius 3 is 2.57 bits per heavy atom. The molecule has 108 valence electrons. The number of hydrogen-bond acceptors (Lipinski definition) is 3. The van der Waals surface area contributed by atoms with Gasteiger partial charge in [0.15, 0.2) is 0 Å². The molecule has 0 aliphatic carbocycles. The summed E-state index contributed by atoms with van der Waals surface area (Å²) in [7, 11) is 1.43. The molecule has 0 spiro atoms. The topological polar surface area (TPSA) is 62.3 Å². The lowest BCUT2D eigenvalue weighted by atomic mass is 10.2. The Hall–Kier alpha value is -2.76. The molecule has 1 N–H and O–H groups in total. The summed E-state index contributed by atoms with van der Waals surface area (Å²) in [5.74, 6) is -1.80. The molecule has 0 fully saturated rings. The van der Waals surface area contributed by atoms with Crippen LogP contribution in [0.3, 0.4) is 0 Å². The number of rotatable bonds is 4. The summed E-state index contributed by atoms with van der Waals surface area (Å²) in [6.45, 7) is -0.179. The molecule has 0 atom stereocenters. The lowest BCUT2D eigenvalue weighted by Gasteiger charge is -2.16. The molecule has 1 heterocycles. The molecular weight excluding hydrogens is 273 g/mol. The van der Waals surface area contributed by atoms with Gasteiger partial charge in [-0.2, -0.15) is 4.39 Å². The Labute approximate surface area is 121 Å². The number of amides is 2. The summed E-state index contributed by atoms with van der Waals surface area (Å²) in [5.41, 5.74) is 0.475. The minimum atomic E-state index is -0.849. The van der Waals surface area contributed by atoms with Gasteiger partial charge in [0, 0.05) is 18.9 Å². The highest BCUT2D eigenvalue weighted by atomic mass is 19.1. The predicted molar refractivity (Wildman–Crippen MR) is 76.2 cm³/mol. The van der Waals surface area contributed by atoms with Gasteiger partial charge in [-0.1, -0.05) is 18.2 Å². The first kappa shape index (κ1) is 14.6. The van der Waals surface area contributed by atoms with Crippen molar-refractivity contribution in [2.75, 3.05) is 18.9 Å². The first-order valence-corrected chi connectivity index (χ1v) is 6.29. The van der Waals surface area contributed by atoms with E-state index >= 15 is 0 Å². The summed E-state index contributed by atoms with van der Waals surface area (Å²) in [6, 6.07) is 11.7. The van der Waals surface area contributed by atoms with E-state index < -0.39 is 11.9 Å².